The number of hydrogen-bond donors (Lipinski definition) is 1. The fourth-order valence-corrected chi connectivity index (χ4v) is 4.59. The zero-order valence-electron chi connectivity index (χ0n) is 13.3. The molecule has 0 aliphatic carbocycles. The number of hydrogen-bond acceptors (Lipinski definition) is 5. The van der Waals surface area contributed by atoms with Gasteiger partial charge in [-0.3, -0.25) is 4.79 Å². The van der Waals surface area contributed by atoms with Gasteiger partial charge >= 0.3 is 0 Å². The molecule has 8 heteroatoms. The smallest absolute Gasteiger partial charge is 0.260 e. The van der Waals surface area contributed by atoms with Crippen molar-refractivity contribution in [2.24, 2.45) is 0 Å². The van der Waals surface area contributed by atoms with E-state index in [4.69, 9.17) is 4.42 Å². The Hall–Kier alpha value is -2.09. The number of nitrogens with zero attached hydrogens (tertiary/aromatic N) is 2. The molecular weight excluding hydrogens is 318 g/mol. The summed E-state index contributed by atoms with van der Waals surface area (Å²) in [5.74, 6) is 1.64. The van der Waals surface area contributed by atoms with Crippen LogP contribution in [0.3, 0.4) is 0 Å². The van der Waals surface area contributed by atoms with E-state index < -0.39 is 9.84 Å². The molecule has 1 saturated heterocycles. The summed E-state index contributed by atoms with van der Waals surface area (Å²) in [6, 6.07) is 3.18. The van der Waals surface area contributed by atoms with Crippen molar-refractivity contribution in [1.29, 1.82) is 0 Å². The Bertz CT molecular complexity index is 863. The summed E-state index contributed by atoms with van der Waals surface area (Å²) in [6.45, 7) is 5.32. The van der Waals surface area contributed by atoms with Gasteiger partial charge in [0.15, 0.2) is 9.84 Å². The minimum Gasteiger partial charge on any atom is -0.466 e. The highest BCUT2D eigenvalue weighted by Gasteiger charge is 2.31. The molecule has 0 radical (unpaired) electrons. The average molecular weight is 337 g/mol. The molecule has 1 amide bonds. The highest BCUT2D eigenvalue weighted by atomic mass is 32.2. The summed E-state index contributed by atoms with van der Waals surface area (Å²) < 4.78 is 30.3. The van der Waals surface area contributed by atoms with Crippen LogP contribution in [0.5, 0.6) is 0 Å². The van der Waals surface area contributed by atoms with E-state index in [-0.39, 0.29) is 23.5 Å². The third kappa shape index (κ3) is 3.17. The first-order valence-electron chi connectivity index (χ1n) is 7.40. The van der Waals surface area contributed by atoms with Gasteiger partial charge in [-0.1, -0.05) is 0 Å². The Kier molecular flexibility index (Phi) is 3.79. The van der Waals surface area contributed by atoms with Crippen LogP contribution >= 0.6 is 0 Å². The van der Waals surface area contributed by atoms with Crippen molar-refractivity contribution < 1.29 is 17.6 Å². The summed E-state index contributed by atoms with van der Waals surface area (Å²) in [5.41, 5.74) is 1.19. The maximum Gasteiger partial charge on any atom is 0.260 e. The number of nitrogens with one attached hydrogen (secondary N) is 1. The molecule has 124 valence electrons. The second-order valence-corrected chi connectivity index (χ2v) is 8.18. The van der Waals surface area contributed by atoms with E-state index in [0.29, 0.717) is 29.3 Å². The molecule has 0 spiro atoms. The lowest BCUT2D eigenvalue weighted by molar-refractivity contribution is 0.102. The molecule has 7 nitrogen and oxygen atoms in total. The standard InChI is InChI=1S/C15H19N3O4S/c1-9-6-14(16-15(19)13-7-10(2)22-11(13)3)18(17-9)12-4-5-23(20,21)8-12/h6-7,12H,4-5,8H2,1-3H3,(H,16,19). The summed E-state index contributed by atoms with van der Waals surface area (Å²) in [4.78, 5) is 12.4. The highest BCUT2D eigenvalue weighted by Crippen LogP contribution is 2.27. The quantitative estimate of drug-likeness (QED) is 0.924. The SMILES string of the molecule is Cc1cc(NC(=O)c2cc(C)oc2C)n(C2CCS(=O)(=O)C2)n1. The molecule has 2 aromatic heterocycles. The maximum absolute atomic E-state index is 12.4. The molecule has 0 bridgehead atoms. The van der Waals surface area contributed by atoms with E-state index in [1.165, 1.54) is 0 Å². The van der Waals surface area contributed by atoms with Crippen molar-refractivity contribution in [2.45, 2.75) is 33.2 Å². The van der Waals surface area contributed by atoms with Crippen molar-refractivity contribution in [3.8, 4) is 0 Å². The van der Waals surface area contributed by atoms with Crippen LogP contribution in [0, 0.1) is 20.8 Å². The van der Waals surface area contributed by atoms with Crippen LogP contribution in [0.4, 0.5) is 5.82 Å². The van der Waals surface area contributed by atoms with Crippen LogP contribution < -0.4 is 5.32 Å². The fourth-order valence-electron chi connectivity index (χ4n) is 2.90. The molecule has 0 saturated carbocycles. The third-order valence-corrected chi connectivity index (χ3v) is 5.69. The molecule has 1 fully saturated rings. The predicted octanol–water partition coefficient (Wildman–Crippen LogP) is 2.01. The molecule has 2 aromatic rings. The summed E-state index contributed by atoms with van der Waals surface area (Å²) in [7, 11) is -3.02. The Morgan fingerprint density at radius 3 is 2.65 bits per heavy atom. The topological polar surface area (TPSA) is 94.2 Å². The Labute approximate surface area is 134 Å². The molecule has 3 heterocycles. The first kappa shape index (κ1) is 15.8. The first-order chi connectivity index (χ1) is 10.7. The van der Waals surface area contributed by atoms with E-state index in [1.54, 1.807) is 30.7 Å². The number of anilines is 1. The highest BCUT2D eigenvalue weighted by molar-refractivity contribution is 7.91. The number of sulfone groups is 1. The molecule has 23 heavy (non-hydrogen) atoms. The van der Waals surface area contributed by atoms with E-state index in [1.807, 2.05) is 6.92 Å². The van der Waals surface area contributed by atoms with Gasteiger partial charge in [-0.25, -0.2) is 13.1 Å². The van der Waals surface area contributed by atoms with E-state index in [2.05, 4.69) is 10.4 Å². The van der Waals surface area contributed by atoms with Gasteiger partial charge in [0, 0.05) is 6.07 Å². The number of aromatic nitrogens is 2. The Morgan fingerprint density at radius 1 is 1.35 bits per heavy atom. The van der Waals surface area contributed by atoms with Gasteiger partial charge in [-0.05, 0) is 33.3 Å². The number of carbonyl (C=O) groups is 1. The van der Waals surface area contributed by atoms with Crippen molar-refractivity contribution in [3.05, 3.63) is 34.9 Å². The molecule has 1 atom stereocenters. The van der Waals surface area contributed by atoms with E-state index in [9.17, 15) is 13.2 Å². The summed E-state index contributed by atoms with van der Waals surface area (Å²) >= 11 is 0. The van der Waals surface area contributed by atoms with Crippen molar-refractivity contribution in [1.82, 2.24) is 9.78 Å². The molecule has 3 rings (SSSR count). The third-order valence-electron chi connectivity index (χ3n) is 3.94. The summed E-state index contributed by atoms with van der Waals surface area (Å²) in [6.07, 6.45) is 0.510. The van der Waals surface area contributed by atoms with Crippen LogP contribution in [0.25, 0.3) is 0 Å². The van der Waals surface area contributed by atoms with Crippen LogP contribution in [0.15, 0.2) is 16.5 Å². The van der Waals surface area contributed by atoms with Gasteiger partial charge in [0.05, 0.1) is 28.8 Å². The average Bonchev–Trinajstić information content (AvgIpc) is 3.07. The number of amides is 1. The minimum atomic E-state index is -3.02. The van der Waals surface area contributed by atoms with Gasteiger partial charge in [-0.15, -0.1) is 0 Å². The van der Waals surface area contributed by atoms with Crippen LogP contribution in [0.2, 0.25) is 0 Å². The lowest BCUT2D eigenvalue weighted by atomic mass is 10.2. The molecule has 1 unspecified atom stereocenters. The van der Waals surface area contributed by atoms with Crippen molar-refractivity contribution in [3.63, 3.8) is 0 Å². The number of furan rings is 1. The van der Waals surface area contributed by atoms with Gasteiger partial charge in [0.25, 0.3) is 5.91 Å². The largest absolute Gasteiger partial charge is 0.466 e. The van der Waals surface area contributed by atoms with Crippen molar-refractivity contribution in [2.75, 3.05) is 16.8 Å². The lowest BCUT2D eigenvalue weighted by Gasteiger charge is -2.13. The minimum absolute atomic E-state index is 0.0564. The first-order valence-corrected chi connectivity index (χ1v) is 9.22. The Balaban J connectivity index is 1.86. The lowest BCUT2D eigenvalue weighted by Crippen LogP contribution is -2.19. The van der Waals surface area contributed by atoms with Crippen LogP contribution in [-0.2, 0) is 9.84 Å². The van der Waals surface area contributed by atoms with Crippen molar-refractivity contribution >= 4 is 21.6 Å². The molecule has 1 N–H and O–H groups in total. The monoisotopic (exact) mass is 337 g/mol. The number of rotatable bonds is 3. The zero-order valence-corrected chi connectivity index (χ0v) is 14.1. The van der Waals surface area contributed by atoms with Gasteiger partial charge in [0.2, 0.25) is 0 Å². The number of aryl methyl sites for hydroxylation is 3. The van der Waals surface area contributed by atoms with Crippen LogP contribution in [-0.4, -0.2) is 35.6 Å². The predicted molar refractivity (Wildman–Crippen MR) is 85.4 cm³/mol. The molecule has 1 aliphatic rings. The second-order valence-electron chi connectivity index (χ2n) is 5.95. The second kappa shape index (κ2) is 5.52. The van der Waals surface area contributed by atoms with E-state index in [0.717, 1.165) is 5.69 Å². The molecule has 1 aliphatic heterocycles. The zero-order chi connectivity index (χ0) is 16.8. The molecular formula is C15H19N3O4S. The van der Waals surface area contributed by atoms with Gasteiger partial charge in [0.1, 0.15) is 17.3 Å². The molecule has 0 aromatic carbocycles. The van der Waals surface area contributed by atoms with E-state index >= 15 is 0 Å². The Morgan fingerprint density at radius 2 is 2.09 bits per heavy atom. The number of carbonyl (C=O) groups excluding carboxylic acids is 1. The van der Waals surface area contributed by atoms with Crippen LogP contribution in [0.1, 0.15) is 40.0 Å². The normalized spacial score (nSPS) is 19.9. The van der Waals surface area contributed by atoms with Gasteiger partial charge < -0.3 is 9.73 Å². The van der Waals surface area contributed by atoms with Gasteiger partial charge in [-0.2, -0.15) is 5.10 Å². The maximum atomic E-state index is 12.4. The summed E-state index contributed by atoms with van der Waals surface area (Å²) in [5, 5.41) is 7.16. The fraction of sp³-hybridized carbons (Fsp3) is 0.467.